The van der Waals surface area contributed by atoms with Crippen LogP contribution in [0.15, 0.2) is 47.6 Å². The van der Waals surface area contributed by atoms with Crippen molar-refractivity contribution in [3.8, 4) is 22.9 Å². The van der Waals surface area contributed by atoms with Gasteiger partial charge in [0.15, 0.2) is 5.82 Å². The lowest BCUT2D eigenvalue weighted by Crippen LogP contribution is -2.21. The molecule has 1 heterocycles. The number of phenols is 1. The fraction of sp³-hybridized carbons (Fsp3) is 0.250. The van der Waals surface area contributed by atoms with Crippen molar-refractivity contribution in [3.63, 3.8) is 0 Å². The van der Waals surface area contributed by atoms with Gasteiger partial charge in [-0.1, -0.05) is 12.1 Å². The molecule has 0 aliphatic carbocycles. The zero-order valence-corrected chi connectivity index (χ0v) is 16.9. The predicted molar refractivity (Wildman–Crippen MR) is 114 cm³/mol. The van der Waals surface area contributed by atoms with Crippen molar-refractivity contribution in [2.24, 2.45) is 5.10 Å². The molecule has 0 saturated heterocycles. The van der Waals surface area contributed by atoms with Crippen molar-refractivity contribution < 1.29 is 9.84 Å². The van der Waals surface area contributed by atoms with Gasteiger partial charge in [-0.15, -0.1) is 0 Å². The second-order valence-electron chi connectivity index (χ2n) is 6.06. The molecule has 2 N–H and O–H groups in total. The lowest BCUT2D eigenvalue weighted by molar-refractivity contribution is 0.415. The summed E-state index contributed by atoms with van der Waals surface area (Å²) >= 11 is 5.30. The number of H-pyrrole nitrogens is 1. The van der Waals surface area contributed by atoms with Crippen molar-refractivity contribution in [2.75, 3.05) is 25.1 Å². The van der Waals surface area contributed by atoms with E-state index >= 15 is 0 Å². The maximum absolute atomic E-state index is 10.4. The molecule has 0 bridgehead atoms. The van der Waals surface area contributed by atoms with Crippen LogP contribution in [0, 0.1) is 4.77 Å². The van der Waals surface area contributed by atoms with E-state index in [1.165, 1.54) is 4.68 Å². The molecule has 146 valence electrons. The number of nitrogens with one attached hydrogen (secondary N) is 1. The minimum Gasteiger partial charge on any atom is -0.507 e. The Balaban J connectivity index is 1.93. The second kappa shape index (κ2) is 8.71. The number of hydrogen-bond donors (Lipinski definition) is 2. The summed E-state index contributed by atoms with van der Waals surface area (Å²) in [7, 11) is 1.61. The summed E-state index contributed by atoms with van der Waals surface area (Å²) in [5.41, 5.74) is 2.37. The number of methoxy groups -OCH3 is 1. The van der Waals surface area contributed by atoms with Crippen molar-refractivity contribution in [1.29, 1.82) is 0 Å². The van der Waals surface area contributed by atoms with Crippen LogP contribution in [0.4, 0.5) is 5.69 Å². The van der Waals surface area contributed by atoms with E-state index in [2.05, 4.69) is 34.0 Å². The first-order chi connectivity index (χ1) is 13.6. The molecule has 0 unspecified atom stereocenters. The minimum atomic E-state index is 0.158. The zero-order valence-electron chi connectivity index (χ0n) is 16.1. The zero-order chi connectivity index (χ0) is 20.1. The van der Waals surface area contributed by atoms with Crippen LogP contribution in [0.1, 0.15) is 19.4 Å². The van der Waals surface area contributed by atoms with Gasteiger partial charge in [0.05, 0.1) is 13.3 Å². The molecule has 28 heavy (non-hydrogen) atoms. The highest BCUT2D eigenvalue weighted by molar-refractivity contribution is 7.71. The molecule has 1 aromatic heterocycles. The molecule has 0 radical (unpaired) electrons. The Morgan fingerprint density at radius 1 is 1.25 bits per heavy atom. The number of hydrogen-bond acceptors (Lipinski definition) is 6. The first kappa shape index (κ1) is 19.6. The van der Waals surface area contributed by atoms with E-state index in [1.54, 1.807) is 19.4 Å². The van der Waals surface area contributed by atoms with E-state index in [4.69, 9.17) is 17.0 Å². The summed E-state index contributed by atoms with van der Waals surface area (Å²) in [5, 5.41) is 21.8. The molecule has 8 heteroatoms. The van der Waals surface area contributed by atoms with Crippen molar-refractivity contribution in [3.05, 3.63) is 52.8 Å². The van der Waals surface area contributed by atoms with Gasteiger partial charge in [0, 0.05) is 36.0 Å². The van der Waals surface area contributed by atoms with E-state index in [-0.39, 0.29) is 5.75 Å². The molecule has 0 fully saturated rings. The number of aromatic hydroxyl groups is 1. The minimum absolute atomic E-state index is 0.158. The summed E-state index contributed by atoms with van der Waals surface area (Å²) in [4.78, 5) is 2.16. The summed E-state index contributed by atoms with van der Waals surface area (Å²) in [6, 6.07) is 13.0. The van der Waals surface area contributed by atoms with Gasteiger partial charge in [-0.05, 0) is 50.3 Å². The lowest BCUT2D eigenvalue weighted by Gasteiger charge is -2.21. The van der Waals surface area contributed by atoms with Crippen molar-refractivity contribution in [1.82, 2.24) is 14.9 Å². The maximum atomic E-state index is 10.4. The van der Waals surface area contributed by atoms with Gasteiger partial charge in [0.1, 0.15) is 11.5 Å². The molecular weight excluding hydrogens is 374 g/mol. The van der Waals surface area contributed by atoms with Crippen LogP contribution < -0.4 is 9.64 Å². The van der Waals surface area contributed by atoms with Gasteiger partial charge in [-0.3, -0.25) is 0 Å². The number of nitrogens with zero attached hydrogens (tertiary/aromatic N) is 4. The summed E-state index contributed by atoms with van der Waals surface area (Å²) in [6.45, 7) is 5.91. The third kappa shape index (κ3) is 4.07. The van der Waals surface area contributed by atoms with Crippen LogP contribution in [0.3, 0.4) is 0 Å². The largest absolute Gasteiger partial charge is 0.507 e. The van der Waals surface area contributed by atoms with Crippen LogP contribution >= 0.6 is 12.2 Å². The number of ether oxygens (including phenoxy) is 1. The van der Waals surface area contributed by atoms with Crippen LogP contribution in [0.2, 0.25) is 0 Å². The van der Waals surface area contributed by atoms with E-state index in [0.29, 0.717) is 21.9 Å². The smallest absolute Gasteiger partial charge is 0.216 e. The van der Waals surface area contributed by atoms with Gasteiger partial charge in [-0.25, -0.2) is 5.10 Å². The Hall–Kier alpha value is -3.13. The molecule has 0 spiro atoms. The fourth-order valence-corrected chi connectivity index (χ4v) is 3.07. The van der Waals surface area contributed by atoms with Gasteiger partial charge in [-0.2, -0.15) is 14.9 Å². The standard InChI is InChI=1S/C20H23N5O2S/c1-4-24(5-2)16-10-9-15(18(26)12-16)13-21-25-19(22-23-20(25)28)14-7-6-8-17(11-14)27-3/h6-13,26H,4-5H2,1-3H3,(H,23,28). The number of aromatic nitrogens is 3. The van der Waals surface area contributed by atoms with E-state index < -0.39 is 0 Å². The van der Waals surface area contributed by atoms with Crippen LogP contribution in [-0.4, -0.2) is 46.4 Å². The molecular formula is C20H23N5O2S. The third-order valence-electron chi connectivity index (χ3n) is 4.43. The SMILES string of the molecule is CCN(CC)c1ccc(C=Nn2c(-c3cccc(OC)c3)n[nH]c2=S)c(O)c1. The number of anilines is 1. The Morgan fingerprint density at radius 3 is 2.71 bits per heavy atom. The number of aromatic amines is 1. The summed E-state index contributed by atoms with van der Waals surface area (Å²) in [5.74, 6) is 1.43. The molecule has 2 aromatic carbocycles. The highest BCUT2D eigenvalue weighted by Crippen LogP contribution is 2.25. The Bertz CT molecular complexity index is 1040. The van der Waals surface area contributed by atoms with E-state index in [9.17, 15) is 5.11 Å². The average Bonchev–Trinajstić information content (AvgIpc) is 3.09. The lowest BCUT2D eigenvalue weighted by atomic mass is 10.2. The molecule has 7 nitrogen and oxygen atoms in total. The number of benzene rings is 2. The van der Waals surface area contributed by atoms with Crippen molar-refractivity contribution in [2.45, 2.75) is 13.8 Å². The van der Waals surface area contributed by atoms with Crippen LogP contribution in [0.5, 0.6) is 11.5 Å². The topological polar surface area (TPSA) is 78.7 Å². The quantitative estimate of drug-likeness (QED) is 0.464. The second-order valence-corrected chi connectivity index (χ2v) is 6.44. The number of rotatable bonds is 7. The van der Waals surface area contributed by atoms with Gasteiger partial charge in [0.2, 0.25) is 4.77 Å². The van der Waals surface area contributed by atoms with Crippen LogP contribution in [-0.2, 0) is 0 Å². The molecule has 0 aliphatic heterocycles. The molecule has 0 amide bonds. The average molecular weight is 398 g/mol. The van der Waals surface area contributed by atoms with E-state index in [0.717, 1.165) is 24.3 Å². The van der Waals surface area contributed by atoms with E-state index in [1.807, 2.05) is 36.4 Å². The maximum Gasteiger partial charge on any atom is 0.216 e. The highest BCUT2D eigenvalue weighted by atomic mass is 32.1. The monoisotopic (exact) mass is 397 g/mol. The Morgan fingerprint density at radius 2 is 2.04 bits per heavy atom. The molecule has 0 aliphatic rings. The molecule has 3 rings (SSSR count). The predicted octanol–water partition coefficient (Wildman–Crippen LogP) is 4.05. The van der Waals surface area contributed by atoms with Crippen molar-refractivity contribution >= 4 is 24.1 Å². The van der Waals surface area contributed by atoms with Gasteiger partial charge >= 0.3 is 0 Å². The summed E-state index contributed by atoms with van der Waals surface area (Å²) < 4.78 is 7.14. The molecule has 0 saturated carbocycles. The third-order valence-corrected chi connectivity index (χ3v) is 4.70. The normalized spacial score (nSPS) is 11.1. The molecule has 0 atom stereocenters. The van der Waals surface area contributed by atoms with Gasteiger partial charge in [0.25, 0.3) is 0 Å². The van der Waals surface area contributed by atoms with Crippen LogP contribution in [0.25, 0.3) is 11.4 Å². The first-order valence-corrected chi connectivity index (χ1v) is 9.42. The molecule has 3 aromatic rings. The fourth-order valence-electron chi connectivity index (χ4n) is 2.89. The van der Waals surface area contributed by atoms with Gasteiger partial charge < -0.3 is 14.7 Å². The Kier molecular flexibility index (Phi) is 6.10. The summed E-state index contributed by atoms with van der Waals surface area (Å²) in [6.07, 6.45) is 1.57. The highest BCUT2D eigenvalue weighted by Gasteiger charge is 2.10. The Labute approximate surface area is 168 Å². The first-order valence-electron chi connectivity index (χ1n) is 9.01. The number of phenolic OH excluding ortho intramolecular Hbond substituents is 1.